The van der Waals surface area contributed by atoms with Gasteiger partial charge in [-0.1, -0.05) is 31.5 Å². The molecule has 0 fully saturated rings. The molecule has 21 heavy (non-hydrogen) atoms. The SMILES string of the molecule is CCCNCc1c(Cl)cccc1OCCS(=O)(=O)CCC. The fourth-order valence-electron chi connectivity index (χ4n) is 1.93. The number of ether oxygens (including phenoxy) is 1. The van der Waals surface area contributed by atoms with Gasteiger partial charge in [0.2, 0.25) is 0 Å². The summed E-state index contributed by atoms with van der Waals surface area (Å²) < 4.78 is 29.0. The van der Waals surface area contributed by atoms with Crippen LogP contribution in [0.1, 0.15) is 32.3 Å². The van der Waals surface area contributed by atoms with Crippen molar-refractivity contribution in [1.29, 1.82) is 0 Å². The normalized spacial score (nSPS) is 11.6. The third kappa shape index (κ3) is 6.68. The molecule has 0 atom stereocenters. The lowest BCUT2D eigenvalue weighted by Crippen LogP contribution is -2.18. The maximum Gasteiger partial charge on any atom is 0.153 e. The van der Waals surface area contributed by atoms with E-state index in [9.17, 15) is 8.42 Å². The van der Waals surface area contributed by atoms with E-state index in [0.29, 0.717) is 23.7 Å². The van der Waals surface area contributed by atoms with Crippen LogP contribution in [-0.4, -0.2) is 33.1 Å². The van der Waals surface area contributed by atoms with E-state index in [1.807, 2.05) is 25.1 Å². The Labute approximate surface area is 132 Å². The topological polar surface area (TPSA) is 55.4 Å². The van der Waals surface area contributed by atoms with E-state index in [-0.39, 0.29) is 18.1 Å². The zero-order valence-electron chi connectivity index (χ0n) is 12.7. The van der Waals surface area contributed by atoms with Crippen molar-refractivity contribution in [2.24, 2.45) is 0 Å². The molecule has 0 saturated heterocycles. The zero-order valence-corrected chi connectivity index (χ0v) is 14.3. The Hall–Kier alpha value is -0.780. The van der Waals surface area contributed by atoms with Gasteiger partial charge in [-0.05, 0) is 31.5 Å². The number of hydrogen-bond acceptors (Lipinski definition) is 4. The van der Waals surface area contributed by atoms with Crippen LogP contribution < -0.4 is 10.1 Å². The predicted octanol–water partition coefficient (Wildman–Crippen LogP) is 3.04. The van der Waals surface area contributed by atoms with Crippen LogP contribution in [0.2, 0.25) is 5.02 Å². The molecule has 0 bridgehead atoms. The minimum atomic E-state index is -3.02. The third-order valence-corrected chi connectivity index (χ3v) is 5.14. The summed E-state index contributed by atoms with van der Waals surface area (Å²) in [6.07, 6.45) is 1.67. The second-order valence-corrected chi connectivity index (χ2v) is 7.60. The molecular formula is C15H24ClNO3S. The molecule has 4 nitrogen and oxygen atoms in total. The zero-order chi connectivity index (χ0) is 15.7. The molecule has 0 aromatic heterocycles. The highest BCUT2D eigenvalue weighted by atomic mass is 35.5. The van der Waals surface area contributed by atoms with Gasteiger partial charge < -0.3 is 10.1 Å². The van der Waals surface area contributed by atoms with Crippen LogP contribution in [0.15, 0.2) is 18.2 Å². The van der Waals surface area contributed by atoms with Crippen LogP contribution >= 0.6 is 11.6 Å². The molecular weight excluding hydrogens is 310 g/mol. The Morgan fingerprint density at radius 3 is 2.62 bits per heavy atom. The van der Waals surface area contributed by atoms with Gasteiger partial charge in [-0.15, -0.1) is 0 Å². The van der Waals surface area contributed by atoms with E-state index < -0.39 is 9.84 Å². The molecule has 0 spiro atoms. The summed E-state index contributed by atoms with van der Waals surface area (Å²) in [7, 11) is -3.02. The Bertz CT molecular complexity index is 532. The molecule has 1 N–H and O–H groups in total. The summed E-state index contributed by atoms with van der Waals surface area (Å²) in [6, 6.07) is 5.44. The van der Waals surface area contributed by atoms with Crippen molar-refractivity contribution in [3.05, 3.63) is 28.8 Å². The van der Waals surface area contributed by atoms with Gasteiger partial charge >= 0.3 is 0 Å². The minimum Gasteiger partial charge on any atom is -0.492 e. The van der Waals surface area contributed by atoms with E-state index in [4.69, 9.17) is 16.3 Å². The molecule has 0 unspecified atom stereocenters. The van der Waals surface area contributed by atoms with Crippen molar-refractivity contribution in [1.82, 2.24) is 5.32 Å². The first-order chi connectivity index (χ1) is 10.00. The molecule has 0 heterocycles. The van der Waals surface area contributed by atoms with Gasteiger partial charge in [0, 0.05) is 17.1 Å². The molecule has 1 rings (SSSR count). The summed E-state index contributed by atoms with van der Waals surface area (Å²) in [4.78, 5) is 0. The molecule has 0 radical (unpaired) electrons. The first kappa shape index (κ1) is 18.3. The summed E-state index contributed by atoms with van der Waals surface area (Å²) in [6.45, 7) is 5.62. The summed E-state index contributed by atoms with van der Waals surface area (Å²) >= 11 is 6.19. The fourth-order valence-corrected chi connectivity index (χ4v) is 3.32. The maximum absolute atomic E-state index is 11.7. The van der Waals surface area contributed by atoms with E-state index in [1.165, 1.54) is 0 Å². The van der Waals surface area contributed by atoms with Crippen molar-refractivity contribution in [2.75, 3.05) is 24.7 Å². The van der Waals surface area contributed by atoms with Crippen LogP contribution in [0.25, 0.3) is 0 Å². The second-order valence-electron chi connectivity index (χ2n) is 4.89. The molecule has 6 heteroatoms. The van der Waals surface area contributed by atoms with Crippen molar-refractivity contribution in [3.63, 3.8) is 0 Å². The highest BCUT2D eigenvalue weighted by Crippen LogP contribution is 2.26. The fraction of sp³-hybridized carbons (Fsp3) is 0.600. The van der Waals surface area contributed by atoms with Crippen LogP contribution in [0.5, 0.6) is 5.75 Å². The molecule has 0 aliphatic rings. The van der Waals surface area contributed by atoms with Crippen molar-refractivity contribution >= 4 is 21.4 Å². The lowest BCUT2D eigenvalue weighted by Gasteiger charge is -2.13. The van der Waals surface area contributed by atoms with Crippen LogP contribution in [-0.2, 0) is 16.4 Å². The van der Waals surface area contributed by atoms with Gasteiger partial charge in [0.1, 0.15) is 12.4 Å². The molecule has 0 aliphatic carbocycles. The minimum absolute atomic E-state index is 0.0369. The Balaban J connectivity index is 2.64. The lowest BCUT2D eigenvalue weighted by atomic mass is 10.2. The van der Waals surface area contributed by atoms with E-state index in [2.05, 4.69) is 12.2 Å². The lowest BCUT2D eigenvalue weighted by molar-refractivity contribution is 0.336. The predicted molar refractivity (Wildman–Crippen MR) is 87.9 cm³/mol. The quantitative estimate of drug-likeness (QED) is 0.669. The van der Waals surface area contributed by atoms with Gasteiger partial charge in [0.05, 0.1) is 11.5 Å². The third-order valence-electron chi connectivity index (χ3n) is 2.97. The number of sulfone groups is 1. The van der Waals surface area contributed by atoms with Crippen LogP contribution in [0, 0.1) is 0 Å². The first-order valence-corrected chi connectivity index (χ1v) is 9.51. The summed E-state index contributed by atoms with van der Waals surface area (Å²) in [5, 5.41) is 3.91. The molecule has 0 saturated carbocycles. The van der Waals surface area contributed by atoms with Gasteiger partial charge in [0.15, 0.2) is 9.84 Å². The van der Waals surface area contributed by atoms with Crippen molar-refractivity contribution in [2.45, 2.75) is 33.2 Å². The van der Waals surface area contributed by atoms with Gasteiger partial charge in [-0.2, -0.15) is 0 Å². The van der Waals surface area contributed by atoms with E-state index in [0.717, 1.165) is 18.5 Å². The molecule has 0 amide bonds. The number of halogens is 1. The van der Waals surface area contributed by atoms with Gasteiger partial charge in [0.25, 0.3) is 0 Å². The molecule has 1 aromatic carbocycles. The van der Waals surface area contributed by atoms with Crippen molar-refractivity contribution < 1.29 is 13.2 Å². The molecule has 0 aliphatic heterocycles. The Morgan fingerprint density at radius 2 is 1.95 bits per heavy atom. The van der Waals surface area contributed by atoms with E-state index in [1.54, 1.807) is 0 Å². The van der Waals surface area contributed by atoms with E-state index >= 15 is 0 Å². The van der Waals surface area contributed by atoms with Crippen LogP contribution in [0.3, 0.4) is 0 Å². The summed E-state index contributed by atoms with van der Waals surface area (Å²) in [5.41, 5.74) is 0.875. The monoisotopic (exact) mass is 333 g/mol. The Kier molecular flexibility index (Phi) is 8.07. The average Bonchev–Trinajstić information content (AvgIpc) is 2.41. The number of nitrogens with one attached hydrogen (secondary N) is 1. The first-order valence-electron chi connectivity index (χ1n) is 7.31. The van der Waals surface area contributed by atoms with Gasteiger partial charge in [-0.25, -0.2) is 8.42 Å². The maximum atomic E-state index is 11.7. The molecule has 1 aromatic rings. The largest absolute Gasteiger partial charge is 0.492 e. The number of benzene rings is 1. The van der Waals surface area contributed by atoms with Crippen LogP contribution in [0.4, 0.5) is 0 Å². The smallest absolute Gasteiger partial charge is 0.153 e. The average molecular weight is 334 g/mol. The second kappa shape index (κ2) is 9.28. The number of hydrogen-bond donors (Lipinski definition) is 1. The summed E-state index contributed by atoms with van der Waals surface area (Å²) in [5.74, 6) is 0.893. The highest BCUT2D eigenvalue weighted by Gasteiger charge is 2.12. The standard InChI is InChI=1S/C15H24ClNO3S/c1-3-8-17-12-13-14(16)6-5-7-15(13)20-9-11-21(18,19)10-4-2/h5-7,17H,3-4,8-12H2,1-2H3. The van der Waals surface area contributed by atoms with Crippen molar-refractivity contribution in [3.8, 4) is 5.75 Å². The number of rotatable bonds is 10. The highest BCUT2D eigenvalue weighted by molar-refractivity contribution is 7.91. The Morgan fingerprint density at radius 1 is 1.19 bits per heavy atom. The van der Waals surface area contributed by atoms with Gasteiger partial charge in [-0.3, -0.25) is 0 Å². The molecule has 120 valence electrons.